The number of anilines is 1. The van der Waals surface area contributed by atoms with E-state index in [-0.39, 0.29) is 18.2 Å². The smallest absolute Gasteiger partial charge is 0.289 e. The summed E-state index contributed by atoms with van der Waals surface area (Å²) in [6.45, 7) is 5.78. The van der Waals surface area contributed by atoms with Crippen LogP contribution in [0.1, 0.15) is 27.2 Å². The van der Waals surface area contributed by atoms with Gasteiger partial charge < -0.3 is 14.6 Å². The van der Waals surface area contributed by atoms with Gasteiger partial charge in [-0.15, -0.1) is 0 Å². The van der Waals surface area contributed by atoms with Gasteiger partial charge in [0.1, 0.15) is 5.76 Å². The van der Waals surface area contributed by atoms with Crippen molar-refractivity contribution in [3.8, 4) is 11.3 Å². The molecular formula is C23H22Cl2N2O3. The molecule has 0 radical (unpaired) electrons. The zero-order valence-electron chi connectivity index (χ0n) is 17.2. The Bertz CT molecular complexity index is 1100. The minimum atomic E-state index is -0.410. The largest absolute Gasteiger partial charge is 0.451 e. The van der Waals surface area contributed by atoms with Crippen molar-refractivity contribution < 1.29 is 14.0 Å². The molecule has 0 saturated carbocycles. The normalized spacial score (nSPS) is 10.7. The highest BCUT2D eigenvalue weighted by Crippen LogP contribution is 2.32. The molecule has 0 fully saturated rings. The fourth-order valence-electron chi connectivity index (χ4n) is 3.32. The van der Waals surface area contributed by atoms with Crippen molar-refractivity contribution in [1.82, 2.24) is 4.90 Å². The van der Waals surface area contributed by atoms with Crippen LogP contribution in [0.15, 0.2) is 46.9 Å². The van der Waals surface area contributed by atoms with E-state index in [9.17, 15) is 9.59 Å². The summed E-state index contributed by atoms with van der Waals surface area (Å²) in [5, 5.41) is 3.86. The second kappa shape index (κ2) is 8.94. The van der Waals surface area contributed by atoms with Gasteiger partial charge in [-0.3, -0.25) is 9.59 Å². The zero-order valence-corrected chi connectivity index (χ0v) is 18.7. The van der Waals surface area contributed by atoms with Crippen molar-refractivity contribution in [2.75, 3.05) is 18.9 Å². The zero-order chi connectivity index (χ0) is 22.0. The van der Waals surface area contributed by atoms with Crippen LogP contribution >= 0.6 is 23.2 Å². The van der Waals surface area contributed by atoms with Crippen LogP contribution in [-0.4, -0.2) is 30.3 Å². The quantitative estimate of drug-likeness (QED) is 0.533. The molecule has 1 heterocycles. The summed E-state index contributed by atoms with van der Waals surface area (Å²) in [7, 11) is 1.55. The molecule has 0 spiro atoms. The van der Waals surface area contributed by atoms with Crippen LogP contribution in [0.3, 0.4) is 0 Å². The third-order valence-electron chi connectivity index (χ3n) is 4.68. The Labute approximate surface area is 185 Å². The number of amides is 2. The van der Waals surface area contributed by atoms with Crippen LogP contribution in [0, 0.1) is 20.8 Å². The van der Waals surface area contributed by atoms with Crippen LogP contribution < -0.4 is 5.32 Å². The van der Waals surface area contributed by atoms with E-state index in [4.69, 9.17) is 27.6 Å². The fourth-order valence-corrected chi connectivity index (χ4v) is 3.70. The first-order valence-corrected chi connectivity index (χ1v) is 10.1. The minimum Gasteiger partial charge on any atom is -0.451 e. The highest BCUT2D eigenvalue weighted by Gasteiger charge is 2.20. The van der Waals surface area contributed by atoms with E-state index in [2.05, 4.69) is 5.32 Å². The number of carbonyl (C=O) groups is 2. The number of benzene rings is 2. The Kier molecular flexibility index (Phi) is 6.54. The van der Waals surface area contributed by atoms with Crippen molar-refractivity contribution in [3.05, 3.63) is 75.0 Å². The number of likely N-dealkylation sites (N-methyl/N-ethyl adjacent to an activating group) is 1. The lowest BCUT2D eigenvalue weighted by Gasteiger charge is -2.17. The SMILES string of the molecule is Cc1cc(C)c(NC(=O)CN(C)C(=O)c2ccc(-c3cc(Cl)ccc3Cl)o2)c(C)c1. The number of furan rings is 1. The third kappa shape index (κ3) is 4.86. The van der Waals surface area contributed by atoms with Crippen LogP contribution in [0.25, 0.3) is 11.3 Å². The second-order valence-corrected chi connectivity index (χ2v) is 8.11. The number of nitrogens with zero attached hydrogens (tertiary/aromatic N) is 1. The Balaban J connectivity index is 1.70. The lowest BCUT2D eigenvalue weighted by molar-refractivity contribution is -0.116. The van der Waals surface area contributed by atoms with Gasteiger partial charge in [0.15, 0.2) is 5.76 Å². The molecule has 0 unspecified atom stereocenters. The summed E-state index contributed by atoms with van der Waals surface area (Å²) in [4.78, 5) is 26.5. The van der Waals surface area contributed by atoms with E-state index >= 15 is 0 Å². The molecule has 156 valence electrons. The lowest BCUT2D eigenvalue weighted by Crippen LogP contribution is -2.35. The Hall–Kier alpha value is -2.76. The van der Waals surface area contributed by atoms with Gasteiger partial charge in [0.2, 0.25) is 5.91 Å². The number of aryl methyl sites for hydroxylation is 3. The predicted molar refractivity (Wildman–Crippen MR) is 120 cm³/mol. The Morgan fingerprint density at radius 2 is 1.67 bits per heavy atom. The molecule has 0 aliphatic heterocycles. The molecule has 3 aromatic rings. The number of halogens is 2. The standard InChI is InChI=1S/C23H22Cl2N2O3/c1-13-9-14(2)22(15(3)10-13)26-21(28)12-27(4)23(29)20-8-7-19(30-20)17-11-16(24)5-6-18(17)25/h5-11H,12H2,1-4H3,(H,26,28). The third-order valence-corrected chi connectivity index (χ3v) is 5.24. The average Bonchev–Trinajstić information content (AvgIpc) is 3.15. The summed E-state index contributed by atoms with van der Waals surface area (Å²) in [6, 6.07) is 12.2. The molecule has 1 N–H and O–H groups in total. The molecule has 3 rings (SSSR count). The molecule has 0 bridgehead atoms. The van der Waals surface area contributed by atoms with Crippen LogP contribution in [0.5, 0.6) is 0 Å². The lowest BCUT2D eigenvalue weighted by atomic mass is 10.1. The first kappa shape index (κ1) is 21.9. The number of carbonyl (C=O) groups excluding carboxylic acids is 2. The van der Waals surface area contributed by atoms with Crippen molar-refractivity contribution in [2.45, 2.75) is 20.8 Å². The summed E-state index contributed by atoms with van der Waals surface area (Å²) >= 11 is 12.2. The van der Waals surface area contributed by atoms with E-state index in [1.54, 1.807) is 37.4 Å². The van der Waals surface area contributed by atoms with E-state index in [1.165, 1.54) is 4.90 Å². The summed E-state index contributed by atoms with van der Waals surface area (Å²) in [5.74, 6) is -0.161. The van der Waals surface area contributed by atoms with E-state index in [0.29, 0.717) is 21.4 Å². The predicted octanol–water partition coefficient (Wildman–Crippen LogP) is 5.89. The second-order valence-electron chi connectivity index (χ2n) is 7.27. The van der Waals surface area contributed by atoms with Crippen molar-refractivity contribution in [3.63, 3.8) is 0 Å². The minimum absolute atomic E-state index is 0.110. The first-order valence-electron chi connectivity index (χ1n) is 9.34. The summed E-state index contributed by atoms with van der Waals surface area (Å²) < 4.78 is 5.67. The van der Waals surface area contributed by atoms with Gasteiger partial charge in [-0.25, -0.2) is 0 Å². The number of rotatable bonds is 5. The molecule has 30 heavy (non-hydrogen) atoms. The van der Waals surface area contributed by atoms with Crippen molar-refractivity contribution in [2.24, 2.45) is 0 Å². The Morgan fingerprint density at radius 3 is 2.33 bits per heavy atom. The number of nitrogens with one attached hydrogen (secondary N) is 1. The van der Waals surface area contributed by atoms with Crippen LogP contribution in [-0.2, 0) is 4.79 Å². The average molecular weight is 445 g/mol. The van der Waals surface area contributed by atoms with Crippen LogP contribution in [0.4, 0.5) is 5.69 Å². The topological polar surface area (TPSA) is 62.6 Å². The van der Waals surface area contributed by atoms with Crippen molar-refractivity contribution in [1.29, 1.82) is 0 Å². The highest BCUT2D eigenvalue weighted by molar-refractivity contribution is 6.35. The molecule has 0 atom stereocenters. The van der Waals surface area contributed by atoms with Gasteiger partial charge >= 0.3 is 0 Å². The summed E-state index contributed by atoms with van der Waals surface area (Å²) in [6.07, 6.45) is 0. The molecule has 2 amide bonds. The van der Waals surface area contributed by atoms with E-state index in [0.717, 1.165) is 22.4 Å². The van der Waals surface area contributed by atoms with Gasteiger partial charge in [-0.05, 0) is 62.2 Å². The van der Waals surface area contributed by atoms with Gasteiger partial charge in [0.05, 0.1) is 11.6 Å². The van der Waals surface area contributed by atoms with E-state index < -0.39 is 5.91 Å². The van der Waals surface area contributed by atoms with E-state index in [1.807, 2.05) is 32.9 Å². The molecule has 0 aliphatic rings. The monoisotopic (exact) mass is 444 g/mol. The van der Waals surface area contributed by atoms with Crippen molar-refractivity contribution >= 4 is 40.7 Å². The Morgan fingerprint density at radius 1 is 1.00 bits per heavy atom. The number of hydrogen-bond donors (Lipinski definition) is 1. The molecular weight excluding hydrogens is 423 g/mol. The van der Waals surface area contributed by atoms with Gasteiger partial charge in [0, 0.05) is 23.3 Å². The molecule has 7 heteroatoms. The summed E-state index contributed by atoms with van der Waals surface area (Å²) in [5.41, 5.74) is 4.44. The molecule has 0 saturated heterocycles. The molecule has 1 aromatic heterocycles. The maximum atomic E-state index is 12.7. The molecule has 5 nitrogen and oxygen atoms in total. The highest BCUT2D eigenvalue weighted by atomic mass is 35.5. The maximum absolute atomic E-state index is 12.7. The van der Waals surface area contributed by atoms with Gasteiger partial charge in [-0.1, -0.05) is 40.9 Å². The number of hydrogen-bond acceptors (Lipinski definition) is 3. The van der Waals surface area contributed by atoms with Gasteiger partial charge in [-0.2, -0.15) is 0 Å². The van der Waals surface area contributed by atoms with Gasteiger partial charge in [0.25, 0.3) is 5.91 Å². The molecule has 2 aromatic carbocycles. The fraction of sp³-hybridized carbons (Fsp3) is 0.217. The maximum Gasteiger partial charge on any atom is 0.289 e. The first-order chi connectivity index (χ1) is 14.2. The van der Waals surface area contributed by atoms with Crippen LogP contribution in [0.2, 0.25) is 10.0 Å². The molecule has 0 aliphatic carbocycles.